The van der Waals surface area contributed by atoms with Gasteiger partial charge in [0.2, 0.25) is 0 Å². The van der Waals surface area contributed by atoms with Crippen molar-refractivity contribution in [3.8, 4) is 0 Å². The van der Waals surface area contributed by atoms with E-state index in [0.29, 0.717) is 12.0 Å². The maximum Gasteiger partial charge on any atom is 0.100 e. The molecule has 96 valence electrons. The third-order valence-corrected chi connectivity index (χ3v) is 3.39. The first-order chi connectivity index (χ1) is 8.13. The lowest BCUT2D eigenvalue weighted by molar-refractivity contribution is 0.0942. The molecule has 2 heterocycles. The minimum atomic E-state index is 0.390. The van der Waals surface area contributed by atoms with E-state index in [2.05, 4.69) is 29.1 Å². The molecule has 0 aliphatic carbocycles. The quantitative estimate of drug-likeness (QED) is 0.789. The first-order valence-corrected chi connectivity index (χ1v) is 6.33. The summed E-state index contributed by atoms with van der Waals surface area (Å²) in [5, 5.41) is 8.40. The minimum Gasteiger partial charge on any atom is -0.381 e. The van der Waals surface area contributed by atoms with Crippen molar-refractivity contribution in [2.45, 2.75) is 39.3 Å². The predicted octanol–water partition coefficient (Wildman–Crippen LogP) is 1.16. The van der Waals surface area contributed by atoms with Gasteiger partial charge in [0, 0.05) is 38.7 Å². The van der Waals surface area contributed by atoms with Crippen molar-refractivity contribution in [2.24, 2.45) is 7.05 Å². The van der Waals surface area contributed by atoms with Crippen LogP contribution in [0.15, 0.2) is 0 Å². The molecule has 17 heavy (non-hydrogen) atoms. The van der Waals surface area contributed by atoms with Crippen LogP contribution in [0.3, 0.4) is 0 Å². The highest BCUT2D eigenvalue weighted by molar-refractivity contribution is 5.19. The summed E-state index contributed by atoms with van der Waals surface area (Å²) in [4.78, 5) is 2.43. The molecule has 5 heteroatoms. The molecular weight excluding hydrogens is 216 g/mol. The standard InChI is InChI=1S/C12H22N4O/c1-5-17-8-10-6-16(9(2)3)7-11-12(10)15(4)14-13-11/h9-10H,5-8H2,1-4H3/t10-/m0/s1. The Bertz CT molecular complexity index is 375. The fourth-order valence-electron chi connectivity index (χ4n) is 2.43. The van der Waals surface area contributed by atoms with Gasteiger partial charge in [0.25, 0.3) is 0 Å². The molecule has 0 spiro atoms. The van der Waals surface area contributed by atoms with Gasteiger partial charge in [-0.15, -0.1) is 5.10 Å². The maximum absolute atomic E-state index is 5.59. The molecule has 1 aromatic heterocycles. The molecule has 0 saturated heterocycles. The summed E-state index contributed by atoms with van der Waals surface area (Å²) < 4.78 is 7.49. The Morgan fingerprint density at radius 2 is 2.24 bits per heavy atom. The van der Waals surface area contributed by atoms with Crippen LogP contribution in [-0.2, 0) is 18.3 Å². The normalized spacial score (nSPS) is 20.9. The molecule has 0 unspecified atom stereocenters. The monoisotopic (exact) mass is 238 g/mol. The van der Waals surface area contributed by atoms with Crippen LogP contribution < -0.4 is 0 Å². The number of nitrogens with zero attached hydrogens (tertiary/aromatic N) is 4. The fraction of sp³-hybridized carbons (Fsp3) is 0.833. The molecule has 0 aromatic carbocycles. The Labute approximate surface area is 103 Å². The Morgan fingerprint density at radius 3 is 2.88 bits per heavy atom. The topological polar surface area (TPSA) is 43.2 Å². The summed E-state index contributed by atoms with van der Waals surface area (Å²) in [6.07, 6.45) is 0. The van der Waals surface area contributed by atoms with E-state index in [1.165, 1.54) is 5.69 Å². The average molecular weight is 238 g/mol. The number of fused-ring (bicyclic) bond motifs is 1. The van der Waals surface area contributed by atoms with Gasteiger partial charge >= 0.3 is 0 Å². The maximum atomic E-state index is 5.59. The molecule has 0 saturated carbocycles. The van der Waals surface area contributed by atoms with Gasteiger partial charge in [-0.2, -0.15) is 0 Å². The van der Waals surface area contributed by atoms with E-state index in [0.717, 1.165) is 32.0 Å². The minimum absolute atomic E-state index is 0.390. The predicted molar refractivity (Wildman–Crippen MR) is 65.8 cm³/mol. The van der Waals surface area contributed by atoms with E-state index < -0.39 is 0 Å². The Balaban J connectivity index is 2.21. The molecule has 5 nitrogen and oxygen atoms in total. The summed E-state index contributed by atoms with van der Waals surface area (Å²) in [6.45, 7) is 9.94. The van der Waals surface area contributed by atoms with Gasteiger partial charge in [0.1, 0.15) is 5.69 Å². The van der Waals surface area contributed by atoms with Gasteiger partial charge < -0.3 is 4.74 Å². The lowest BCUT2D eigenvalue weighted by Crippen LogP contribution is -2.40. The summed E-state index contributed by atoms with van der Waals surface area (Å²) in [5.74, 6) is 0.390. The number of aromatic nitrogens is 3. The summed E-state index contributed by atoms with van der Waals surface area (Å²) in [5.41, 5.74) is 2.35. The van der Waals surface area contributed by atoms with Crippen LogP contribution >= 0.6 is 0 Å². The van der Waals surface area contributed by atoms with E-state index in [-0.39, 0.29) is 0 Å². The average Bonchev–Trinajstić information content (AvgIpc) is 2.68. The largest absolute Gasteiger partial charge is 0.381 e. The highest BCUT2D eigenvalue weighted by Gasteiger charge is 2.30. The molecule has 0 N–H and O–H groups in total. The van der Waals surface area contributed by atoms with Gasteiger partial charge in [0.15, 0.2) is 0 Å². The number of ether oxygens (including phenoxy) is 1. The highest BCUT2D eigenvalue weighted by atomic mass is 16.5. The lowest BCUT2D eigenvalue weighted by atomic mass is 9.98. The summed E-state index contributed by atoms with van der Waals surface area (Å²) in [7, 11) is 1.97. The number of aryl methyl sites for hydroxylation is 1. The number of hydrogen-bond donors (Lipinski definition) is 0. The van der Waals surface area contributed by atoms with Crippen molar-refractivity contribution in [3.63, 3.8) is 0 Å². The van der Waals surface area contributed by atoms with Crippen molar-refractivity contribution in [3.05, 3.63) is 11.4 Å². The van der Waals surface area contributed by atoms with Gasteiger partial charge in [0.05, 0.1) is 12.3 Å². The van der Waals surface area contributed by atoms with Crippen LogP contribution in [0.4, 0.5) is 0 Å². The Hall–Kier alpha value is -0.940. The van der Waals surface area contributed by atoms with Gasteiger partial charge in [-0.1, -0.05) is 5.21 Å². The van der Waals surface area contributed by atoms with Gasteiger partial charge in [-0.05, 0) is 20.8 Å². The zero-order chi connectivity index (χ0) is 12.4. The van der Waals surface area contributed by atoms with E-state index in [9.17, 15) is 0 Å². The van der Waals surface area contributed by atoms with Crippen LogP contribution in [0, 0.1) is 0 Å². The molecule has 1 aromatic rings. The van der Waals surface area contributed by atoms with E-state index in [1.807, 2.05) is 18.7 Å². The Morgan fingerprint density at radius 1 is 1.47 bits per heavy atom. The summed E-state index contributed by atoms with van der Waals surface area (Å²) >= 11 is 0. The van der Waals surface area contributed by atoms with Crippen molar-refractivity contribution >= 4 is 0 Å². The molecule has 2 rings (SSSR count). The number of rotatable bonds is 4. The lowest BCUT2D eigenvalue weighted by Gasteiger charge is -2.34. The summed E-state index contributed by atoms with van der Waals surface area (Å²) in [6, 6.07) is 0.536. The van der Waals surface area contributed by atoms with Crippen molar-refractivity contribution in [1.82, 2.24) is 19.9 Å². The van der Waals surface area contributed by atoms with Crippen LogP contribution in [0.1, 0.15) is 38.1 Å². The van der Waals surface area contributed by atoms with Crippen LogP contribution in [0.5, 0.6) is 0 Å². The second-order valence-corrected chi connectivity index (χ2v) is 4.92. The third-order valence-electron chi connectivity index (χ3n) is 3.39. The molecule has 1 aliphatic heterocycles. The Kier molecular flexibility index (Phi) is 3.79. The molecule has 0 fully saturated rings. The van der Waals surface area contributed by atoms with Gasteiger partial charge in [-0.25, -0.2) is 0 Å². The fourth-order valence-corrected chi connectivity index (χ4v) is 2.43. The van der Waals surface area contributed by atoms with Crippen LogP contribution in [0.25, 0.3) is 0 Å². The van der Waals surface area contributed by atoms with Crippen molar-refractivity contribution in [1.29, 1.82) is 0 Å². The second kappa shape index (κ2) is 5.14. The smallest absolute Gasteiger partial charge is 0.100 e. The SMILES string of the molecule is CCOC[C@@H]1CN(C(C)C)Cc2nnn(C)c21. The first kappa shape index (κ1) is 12.5. The molecule has 0 radical (unpaired) electrons. The van der Waals surface area contributed by atoms with Crippen molar-refractivity contribution < 1.29 is 4.74 Å². The molecule has 0 bridgehead atoms. The first-order valence-electron chi connectivity index (χ1n) is 6.33. The van der Waals surface area contributed by atoms with Crippen LogP contribution in [-0.4, -0.2) is 45.7 Å². The van der Waals surface area contributed by atoms with E-state index in [1.54, 1.807) is 0 Å². The van der Waals surface area contributed by atoms with E-state index in [4.69, 9.17) is 4.74 Å². The molecule has 0 amide bonds. The molecular formula is C12H22N4O. The molecule has 1 atom stereocenters. The zero-order valence-corrected chi connectivity index (χ0v) is 11.2. The van der Waals surface area contributed by atoms with Gasteiger partial charge in [-0.3, -0.25) is 9.58 Å². The van der Waals surface area contributed by atoms with E-state index >= 15 is 0 Å². The highest BCUT2D eigenvalue weighted by Crippen LogP contribution is 2.27. The number of hydrogen-bond acceptors (Lipinski definition) is 4. The molecule has 1 aliphatic rings. The second-order valence-electron chi connectivity index (χ2n) is 4.92. The van der Waals surface area contributed by atoms with Crippen LogP contribution in [0.2, 0.25) is 0 Å². The van der Waals surface area contributed by atoms with Crippen molar-refractivity contribution in [2.75, 3.05) is 19.8 Å². The third kappa shape index (κ3) is 2.50. The zero-order valence-electron chi connectivity index (χ0n) is 11.2.